The van der Waals surface area contributed by atoms with Crippen molar-refractivity contribution in [3.63, 3.8) is 0 Å². The molecule has 1 aromatic carbocycles. The fourth-order valence-corrected chi connectivity index (χ4v) is 6.41. The monoisotopic (exact) mass is 537 g/mol. The molecular formula is C30H43N5O4. The molecule has 3 fully saturated rings. The van der Waals surface area contributed by atoms with E-state index in [-0.39, 0.29) is 23.8 Å². The van der Waals surface area contributed by atoms with Gasteiger partial charge >= 0.3 is 6.09 Å². The van der Waals surface area contributed by atoms with Gasteiger partial charge in [-0.05, 0) is 96.3 Å². The number of nitrogens with one attached hydrogen (secondary N) is 1. The highest BCUT2D eigenvalue weighted by molar-refractivity contribution is 6.02. The van der Waals surface area contributed by atoms with Crippen LogP contribution < -0.4 is 10.2 Å². The number of amides is 3. The highest BCUT2D eigenvalue weighted by atomic mass is 16.6. The van der Waals surface area contributed by atoms with Gasteiger partial charge in [-0.1, -0.05) is 0 Å². The molecule has 2 aromatic rings. The molecule has 5 rings (SSSR count). The molecule has 39 heavy (non-hydrogen) atoms. The van der Waals surface area contributed by atoms with Crippen LogP contribution in [0.5, 0.6) is 0 Å². The number of ether oxygens (including phenoxy) is 1. The predicted octanol–water partition coefficient (Wildman–Crippen LogP) is 4.83. The summed E-state index contributed by atoms with van der Waals surface area (Å²) < 4.78 is 7.52. The van der Waals surface area contributed by atoms with Crippen LogP contribution in [0.1, 0.15) is 84.3 Å². The van der Waals surface area contributed by atoms with Gasteiger partial charge in [-0.25, -0.2) is 4.79 Å². The summed E-state index contributed by atoms with van der Waals surface area (Å²) in [6, 6.07) is 6.48. The van der Waals surface area contributed by atoms with E-state index in [0.29, 0.717) is 18.8 Å². The second-order valence-corrected chi connectivity index (χ2v) is 12.5. The highest BCUT2D eigenvalue weighted by Gasteiger charge is 2.33. The average Bonchev–Trinajstić information content (AvgIpc) is 3.26. The van der Waals surface area contributed by atoms with Crippen molar-refractivity contribution in [2.75, 3.05) is 31.1 Å². The van der Waals surface area contributed by atoms with E-state index in [4.69, 9.17) is 9.84 Å². The van der Waals surface area contributed by atoms with Gasteiger partial charge in [0.1, 0.15) is 5.60 Å². The molecule has 0 aliphatic carbocycles. The summed E-state index contributed by atoms with van der Waals surface area (Å²) in [5.41, 5.74) is 2.59. The zero-order valence-corrected chi connectivity index (χ0v) is 23.9. The molecule has 1 N–H and O–H groups in total. The van der Waals surface area contributed by atoms with Crippen molar-refractivity contribution in [2.24, 2.45) is 11.8 Å². The molecular weight excluding hydrogens is 494 g/mol. The summed E-state index contributed by atoms with van der Waals surface area (Å²) in [4.78, 5) is 40.9. The van der Waals surface area contributed by atoms with Gasteiger partial charge < -0.3 is 14.5 Å². The summed E-state index contributed by atoms with van der Waals surface area (Å²) >= 11 is 0. The molecule has 0 saturated carbocycles. The number of piperidine rings is 3. The number of likely N-dealkylation sites (tertiary alicyclic amines) is 1. The Hall–Kier alpha value is -3.10. The third-order valence-corrected chi connectivity index (χ3v) is 8.55. The number of anilines is 1. The van der Waals surface area contributed by atoms with Gasteiger partial charge in [-0.15, -0.1) is 0 Å². The number of fused-ring (bicyclic) bond motifs is 1. The molecule has 3 aliphatic rings. The fourth-order valence-electron chi connectivity index (χ4n) is 6.41. The maximum absolute atomic E-state index is 12.5. The van der Waals surface area contributed by atoms with Gasteiger partial charge in [0.25, 0.3) is 0 Å². The zero-order chi connectivity index (χ0) is 27.7. The van der Waals surface area contributed by atoms with E-state index >= 15 is 0 Å². The second-order valence-electron chi connectivity index (χ2n) is 12.5. The number of rotatable bonds is 5. The standard InChI is InChI=1S/C30H43N5O4/c1-5-35-25-19-22(6-7-23(25)27(32-35)24-8-9-26(36)31-28(24)37)33-14-10-20(11-15-33)18-21-12-16-34(17-13-21)29(38)39-30(2,3)4/h6-7,19-21,24H,5,8-18H2,1-4H3,(H,31,36,37). The molecule has 1 atom stereocenters. The van der Waals surface area contributed by atoms with Crippen LogP contribution in [0.15, 0.2) is 18.2 Å². The van der Waals surface area contributed by atoms with Gasteiger partial charge in [0.05, 0.1) is 17.1 Å². The molecule has 1 aromatic heterocycles. The first-order valence-corrected chi connectivity index (χ1v) is 14.7. The predicted molar refractivity (Wildman–Crippen MR) is 151 cm³/mol. The van der Waals surface area contributed by atoms with Crippen molar-refractivity contribution < 1.29 is 19.1 Å². The van der Waals surface area contributed by atoms with Crippen LogP contribution in [0.25, 0.3) is 10.9 Å². The van der Waals surface area contributed by atoms with E-state index in [9.17, 15) is 14.4 Å². The van der Waals surface area contributed by atoms with E-state index in [2.05, 4.69) is 35.3 Å². The first kappa shape index (κ1) is 27.5. The van der Waals surface area contributed by atoms with Crippen LogP contribution in [-0.2, 0) is 20.9 Å². The molecule has 3 aliphatic heterocycles. The summed E-state index contributed by atoms with van der Waals surface area (Å²) in [5, 5.41) is 8.27. The highest BCUT2D eigenvalue weighted by Crippen LogP contribution is 2.35. The quantitative estimate of drug-likeness (QED) is 0.549. The van der Waals surface area contributed by atoms with Crippen molar-refractivity contribution in [3.05, 3.63) is 23.9 Å². The van der Waals surface area contributed by atoms with E-state index in [1.807, 2.05) is 30.4 Å². The molecule has 9 heteroatoms. The van der Waals surface area contributed by atoms with Gasteiger partial charge in [0, 0.05) is 50.2 Å². The number of benzene rings is 1. The first-order valence-electron chi connectivity index (χ1n) is 14.7. The number of hydrogen-bond acceptors (Lipinski definition) is 6. The van der Waals surface area contributed by atoms with E-state index < -0.39 is 5.60 Å². The molecule has 0 radical (unpaired) electrons. The summed E-state index contributed by atoms with van der Waals surface area (Å²) in [6.45, 7) is 12.2. The Labute approximate surface area is 231 Å². The number of aromatic nitrogens is 2. The molecule has 3 amide bonds. The lowest BCUT2D eigenvalue weighted by Crippen LogP contribution is -2.42. The van der Waals surface area contributed by atoms with Gasteiger partial charge in [-0.3, -0.25) is 19.6 Å². The first-order chi connectivity index (χ1) is 18.6. The summed E-state index contributed by atoms with van der Waals surface area (Å²) in [7, 11) is 0. The molecule has 4 heterocycles. The third-order valence-electron chi connectivity index (χ3n) is 8.55. The average molecular weight is 538 g/mol. The Balaban J connectivity index is 1.17. The van der Waals surface area contributed by atoms with Crippen molar-refractivity contribution in [1.29, 1.82) is 0 Å². The van der Waals surface area contributed by atoms with Crippen molar-refractivity contribution >= 4 is 34.5 Å². The lowest BCUT2D eigenvalue weighted by Gasteiger charge is -2.37. The van der Waals surface area contributed by atoms with E-state index in [1.165, 1.54) is 24.9 Å². The van der Waals surface area contributed by atoms with E-state index in [0.717, 1.165) is 68.1 Å². The minimum atomic E-state index is -0.446. The molecule has 3 saturated heterocycles. The Morgan fingerprint density at radius 1 is 1.03 bits per heavy atom. The third kappa shape index (κ3) is 6.23. The minimum absolute atomic E-state index is 0.181. The fraction of sp³-hybridized carbons (Fsp3) is 0.667. The molecule has 0 spiro atoms. The van der Waals surface area contributed by atoms with Gasteiger partial charge in [0.2, 0.25) is 11.8 Å². The number of imide groups is 1. The summed E-state index contributed by atoms with van der Waals surface area (Å²) in [5.74, 6) is 0.586. The Kier molecular flexibility index (Phi) is 7.87. The largest absolute Gasteiger partial charge is 0.444 e. The Bertz CT molecular complexity index is 1220. The van der Waals surface area contributed by atoms with Gasteiger partial charge in [0.15, 0.2) is 0 Å². The number of hydrogen-bond donors (Lipinski definition) is 1. The van der Waals surface area contributed by atoms with Crippen molar-refractivity contribution in [3.8, 4) is 0 Å². The zero-order valence-electron chi connectivity index (χ0n) is 23.9. The molecule has 9 nitrogen and oxygen atoms in total. The Morgan fingerprint density at radius 2 is 1.69 bits per heavy atom. The van der Waals surface area contributed by atoms with Crippen molar-refractivity contribution in [2.45, 2.75) is 90.7 Å². The molecule has 0 bridgehead atoms. The SMILES string of the molecule is CCn1nc(C2CCC(=O)NC2=O)c2ccc(N3CCC(CC4CCN(C(=O)OC(C)(C)C)CC4)CC3)cc21. The molecule has 1 unspecified atom stereocenters. The van der Waals surface area contributed by atoms with Crippen molar-refractivity contribution in [1.82, 2.24) is 20.0 Å². The topological polar surface area (TPSA) is 96.8 Å². The maximum Gasteiger partial charge on any atom is 0.410 e. The van der Waals surface area contributed by atoms with Crippen LogP contribution in [0.2, 0.25) is 0 Å². The van der Waals surface area contributed by atoms with Gasteiger partial charge in [-0.2, -0.15) is 5.10 Å². The molecule has 212 valence electrons. The Morgan fingerprint density at radius 3 is 2.31 bits per heavy atom. The number of carbonyl (C=O) groups excluding carboxylic acids is 3. The number of aryl methyl sites for hydroxylation is 1. The number of nitrogens with zero attached hydrogens (tertiary/aromatic N) is 4. The normalized spacial score (nSPS) is 21.9. The second kappa shape index (κ2) is 11.2. The van der Waals surface area contributed by atoms with Crippen LogP contribution in [0.4, 0.5) is 10.5 Å². The smallest absolute Gasteiger partial charge is 0.410 e. The van der Waals surface area contributed by atoms with Crippen LogP contribution >= 0.6 is 0 Å². The summed E-state index contributed by atoms with van der Waals surface area (Å²) in [6.07, 6.45) is 6.41. The lowest BCUT2D eigenvalue weighted by atomic mass is 9.83. The van der Waals surface area contributed by atoms with Crippen LogP contribution in [0.3, 0.4) is 0 Å². The van der Waals surface area contributed by atoms with Crippen LogP contribution in [-0.4, -0.2) is 64.4 Å². The number of carbonyl (C=O) groups is 3. The van der Waals surface area contributed by atoms with Crippen LogP contribution in [0, 0.1) is 11.8 Å². The lowest BCUT2D eigenvalue weighted by molar-refractivity contribution is -0.134. The van der Waals surface area contributed by atoms with E-state index in [1.54, 1.807) is 0 Å². The minimum Gasteiger partial charge on any atom is -0.444 e. The maximum atomic E-state index is 12.5.